The predicted octanol–water partition coefficient (Wildman–Crippen LogP) is 1.73. The van der Waals surface area contributed by atoms with Gasteiger partial charge >= 0.3 is 5.97 Å². The molecular formula is C18H24N2O4. The monoisotopic (exact) mass is 332 g/mol. The van der Waals surface area contributed by atoms with Gasteiger partial charge in [-0.1, -0.05) is 25.1 Å². The third kappa shape index (κ3) is 2.80. The van der Waals surface area contributed by atoms with Crippen molar-refractivity contribution in [3.8, 4) is 0 Å². The van der Waals surface area contributed by atoms with Crippen molar-refractivity contribution in [3.63, 3.8) is 0 Å². The first kappa shape index (κ1) is 16.9. The van der Waals surface area contributed by atoms with Crippen LogP contribution in [0, 0.1) is 6.92 Å². The molecule has 1 aromatic rings. The van der Waals surface area contributed by atoms with E-state index in [9.17, 15) is 14.7 Å². The van der Waals surface area contributed by atoms with Crippen LogP contribution in [-0.4, -0.2) is 64.8 Å². The highest BCUT2D eigenvalue weighted by atomic mass is 16.5. The molecule has 6 heteroatoms. The topological polar surface area (TPSA) is 70.1 Å². The molecule has 24 heavy (non-hydrogen) atoms. The number of rotatable bonds is 3. The number of hydrogen-bond acceptors (Lipinski definition) is 4. The van der Waals surface area contributed by atoms with Crippen LogP contribution >= 0.6 is 0 Å². The first-order valence-corrected chi connectivity index (χ1v) is 8.47. The second kappa shape index (κ2) is 6.53. The molecule has 2 heterocycles. The van der Waals surface area contributed by atoms with Crippen molar-refractivity contribution >= 4 is 11.9 Å². The van der Waals surface area contributed by atoms with E-state index in [0.29, 0.717) is 18.4 Å². The van der Waals surface area contributed by atoms with Gasteiger partial charge in [-0.25, -0.2) is 4.79 Å². The molecule has 2 aliphatic heterocycles. The van der Waals surface area contributed by atoms with E-state index in [0.717, 1.165) is 25.2 Å². The summed E-state index contributed by atoms with van der Waals surface area (Å²) in [5.41, 5.74) is 0.597. The molecule has 0 unspecified atom stereocenters. The Balaban J connectivity index is 1.94. The Morgan fingerprint density at radius 2 is 1.96 bits per heavy atom. The quantitative estimate of drug-likeness (QED) is 0.913. The molecular weight excluding hydrogens is 308 g/mol. The lowest BCUT2D eigenvalue weighted by molar-refractivity contribution is -0.143. The number of carbonyl (C=O) groups is 2. The molecule has 0 bridgehead atoms. The van der Waals surface area contributed by atoms with E-state index in [2.05, 4.69) is 11.8 Å². The summed E-state index contributed by atoms with van der Waals surface area (Å²) < 4.78 is 5.94. The molecule has 0 aromatic heterocycles. The van der Waals surface area contributed by atoms with Gasteiger partial charge in [0.25, 0.3) is 5.91 Å². The Morgan fingerprint density at radius 3 is 2.54 bits per heavy atom. The fourth-order valence-corrected chi connectivity index (χ4v) is 3.72. The van der Waals surface area contributed by atoms with Gasteiger partial charge in [0.1, 0.15) is 5.72 Å². The van der Waals surface area contributed by atoms with Gasteiger partial charge < -0.3 is 14.7 Å². The lowest BCUT2D eigenvalue weighted by Crippen LogP contribution is -2.58. The average molecular weight is 332 g/mol. The highest BCUT2D eigenvalue weighted by Gasteiger charge is 2.54. The molecule has 1 atom stereocenters. The minimum Gasteiger partial charge on any atom is -0.480 e. The Labute approximate surface area is 142 Å². The molecule has 2 fully saturated rings. The maximum absolute atomic E-state index is 13.2. The predicted molar refractivity (Wildman–Crippen MR) is 88.8 cm³/mol. The Kier molecular flexibility index (Phi) is 4.60. The summed E-state index contributed by atoms with van der Waals surface area (Å²) in [5, 5.41) is 9.58. The number of carbonyl (C=O) groups excluding carboxylic acids is 1. The van der Waals surface area contributed by atoms with E-state index >= 15 is 0 Å². The summed E-state index contributed by atoms with van der Waals surface area (Å²) in [4.78, 5) is 28.7. The van der Waals surface area contributed by atoms with Gasteiger partial charge in [0.2, 0.25) is 0 Å². The second-order valence-electron chi connectivity index (χ2n) is 6.54. The van der Waals surface area contributed by atoms with Gasteiger partial charge in [-0.15, -0.1) is 0 Å². The van der Waals surface area contributed by atoms with Crippen LogP contribution in [0.2, 0.25) is 0 Å². The van der Waals surface area contributed by atoms with Crippen molar-refractivity contribution < 1.29 is 19.4 Å². The minimum atomic E-state index is -1.01. The molecule has 1 N–H and O–H groups in total. The summed E-state index contributed by atoms with van der Waals surface area (Å²) in [6, 6.07) is 6.37. The van der Waals surface area contributed by atoms with Crippen molar-refractivity contribution in [3.05, 3.63) is 35.4 Å². The number of aliphatic carboxylic acids is 1. The normalized spacial score (nSPS) is 23.6. The van der Waals surface area contributed by atoms with E-state index in [4.69, 9.17) is 4.74 Å². The largest absolute Gasteiger partial charge is 0.480 e. The molecule has 1 spiro atoms. The fraction of sp³-hybridized carbons (Fsp3) is 0.556. The first-order chi connectivity index (χ1) is 11.5. The van der Waals surface area contributed by atoms with Crippen molar-refractivity contribution in [2.75, 3.05) is 26.2 Å². The summed E-state index contributed by atoms with van der Waals surface area (Å²) in [7, 11) is 0. The van der Waals surface area contributed by atoms with E-state index in [-0.39, 0.29) is 12.5 Å². The van der Waals surface area contributed by atoms with E-state index in [1.165, 1.54) is 4.90 Å². The van der Waals surface area contributed by atoms with Crippen LogP contribution in [-0.2, 0) is 9.53 Å². The van der Waals surface area contributed by atoms with Gasteiger partial charge in [0, 0.05) is 31.5 Å². The van der Waals surface area contributed by atoms with Gasteiger partial charge in [-0.05, 0) is 25.1 Å². The van der Waals surface area contributed by atoms with Crippen LogP contribution in [0.25, 0.3) is 0 Å². The number of amides is 1. The molecule has 1 amide bonds. The summed E-state index contributed by atoms with van der Waals surface area (Å²) in [6.45, 7) is 6.58. The molecule has 130 valence electrons. The first-order valence-electron chi connectivity index (χ1n) is 8.47. The van der Waals surface area contributed by atoms with Crippen LogP contribution in [0.3, 0.4) is 0 Å². The number of benzene rings is 1. The van der Waals surface area contributed by atoms with Crippen LogP contribution in [0.1, 0.15) is 35.7 Å². The number of carboxylic acids is 1. The number of ether oxygens (including phenoxy) is 1. The molecule has 0 saturated carbocycles. The standard InChI is InChI=1S/C18H24N2O4/c1-3-19-10-8-18(9-11-19)20(15(12-24-18)17(22)23)16(21)14-7-5-4-6-13(14)2/h4-7,15H,3,8-12H2,1-2H3,(H,22,23)/t15-/m1/s1. The second-order valence-corrected chi connectivity index (χ2v) is 6.54. The molecule has 1 aromatic carbocycles. The smallest absolute Gasteiger partial charge is 0.328 e. The Hall–Kier alpha value is -1.92. The van der Waals surface area contributed by atoms with Gasteiger partial charge in [-0.3, -0.25) is 9.69 Å². The zero-order valence-corrected chi connectivity index (χ0v) is 14.2. The van der Waals surface area contributed by atoms with Gasteiger partial charge in [0.15, 0.2) is 6.04 Å². The average Bonchev–Trinajstić information content (AvgIpc) is 2.94. The molecule has 0 aliphatic carbocycles. The molecule has 2 aliphatic rings. The fourth-order valence-electron chi connectivity index (χ4n) is 3.72. The number of nitrogens with zero attached hydrogens (tertiary/aromatic N) is 2. The molecule has 6 nitrogen and oxygen atoms in total. The maximum Gasteiger partial charge on any atom is 0.328 e. The third-order valence-corrected chi connectivity index (χ3v) is 5.22. The number of aryl methyl sites for hydroxylation is 1. The summed E-state index contributed by atoms with van der Waals surface area (Å²) in [6.07, 6.45) is 1.28. The number of likely N-dealkylation sites (tertiary alicyclic amines) is 1. The maximum atomic E-state index is 13.2. The summed E-state index contributed by atoms with van der Waals surface area (Å²) >= 11 is 0. The number of hydrogen-bond donors (Lipinski definition) is 1. The lowest BCUT2D eigenvalue weighted by Gasteiger charge is -2.44. The summed E-state index contributed by atoms with van der Waals surface area (Å²) in [5.74, 6) is -1.25. The number of carboxylic acid groups (broad SMARTS) is 1. The van der Waals surface area contributed by atoms with Gasteiger partial charge in [-0.2, -0.15) is 0 Å². The van der Waals surface area contributed by atoms with E-state index in [1.807, 2.05) is 19.1 Å². The van der Waals surface area contributed by atoms with Crippen LogP contribution in [0.5, 0.6) is 0 Å². The van der Waals surface area contributed by atoms with Crippen molar-refractivity contribution in [1.82, 2.24) is 9.80 Å². The number of piperidine rings is 1. The van der Waals surface area contributed by atoms with Crippen molar-refractivity contribution in [2.45, 2.75) is 38.5 Å². The van der Waals surface area contributed by atoms with Gasteiger partial charge in [0.05, 0.1) is 6.61 Å². The van der Waals surface area contributed by atoms with Crippen molar-refractivity contribution in [2.24, 2.45) is 0 Å². The highest BCUT2D eigenvalue weighted by Crippen LogP contribution is 2.38. The van der Waals surface area contributed by atoms with Crippen LogP contribution in [0.4, 0.5) is 0 Å². The van der Waals surface area contributed by atoms with Crippen LogP contribution < -0.4 is 0 Å². The van der Waals surface area contributed by atoms with Crippen LogP contribution in [0.15, 0.2) is 24.3 Å². The zero-order valence-electron chi connectivity index (χ0n) is 14.2. The minimum absolute atomic E-state index is 0.0546. The lowest BCUT2D eigenvalue weighted by atomic mass is 9.96. The Morgan fingerprint density at radius 1 is 1.29 bits per heavy atom. The van der Waals surface area contributed by atoms with Crippen molar-refractivity contribution in [1.29, 1.82) is 0 Å². The molecule has 2 saturated heterocycles. The zero-order chi connectivity index (χ0) is 17.3. The highest BCUT2D eigenvalue weighted by molar-refractivity contribution is 5.98. The Bertz CT molecular complexity index is 638. The molecule has 3 rings (SSSR count). The van der Waals surface area contributed by atoms with E-state index < -0.39 is 17.7 Å². The third-order valence-electron chi connectivity index (χ3n) is 5.22. The van der Waals surface area contributed by atoms with E-state index in [1.54, 1.807) is 12.1 Å². The molecule has 0 radical (unpaired) electrons. The SMILES string of the molecule is CCN1CCC2(CC1)OC[C@H](C(=O)O)N2C(=O)c1ccccc1C.